The smallest absolute Gasteiger partial charge is 0.235 e. The zero-order valence-corrected chi connectivity index (χ0v) is 15.2. The van der Waals surface area contributed by atoms with E-state index in [2.05, 4.69) is 5.32 Å². The Morgan fingerprint density at radius 2 is 1.84 bits per heavy atom. The van der Waals surface area contributed by atoms with Crippen LogP contribution in [0.2, 0.25) is 5.02 Å². The van der Waals surface area contributed by atoms with Gasteiger partial charge in [-0.2, -0.15) is 0 Å². The van der Waals surface area contributed by atoms with Crippen molar-refractivity contribution in [2.24, 2.45) is 0 Å². The molecule has 0 saturated carbocycles. The Hall–Kier alpha value is -2.05. The Morgan fingerprint density at radius 1 is 1.12 bits per heavy atom. The van der Waals surface area contributed by atoms with Crippen LogP contribution in [-0.2, 0) is 27.8 Å². The molecule has 1 aliphatic heterocycles. The molecule has 132 valence electrons. The van der Waals surface area contributed by atoms with Gasteiger partial charge in [0.2, 0.25) is 15.9 Å². The van der Waals surface area contributed by atoms with Gasteiger partial charge >= 0.3 is 0 Å². The van der Waals surface area contributed by atoms with Crippen molar-refractivity contribution < 1.29 is 13.2 Å². The number of benzene rings is 2. The van der Waals surface area contributed by atoms with Gasteiger partial charge in [-0.25, -0.2) is 8.42 Å². The number of amides is 1. The van der Waals surface area contributed by atoms with Crippen LogP contribution >= 0.6 is 11.6 Å². The minimum atomic E-state index is -3.51. The number of hydrogen-bond acceptors (Lipinski definition) is 3. The van der Waals surface area contributed by atoms with Gasteiger partial charge < -0.3 is 5.32 Å². The van der Waals surface area contributed by atoms with Crippen molar-refractivity contribution in [1.82, 2.24) is 5.32 Å². The molecule has 0 fully saturated rings. The number of hydrogen-bond donors (Lipinski definition) is 1. The molecule has 25 heavy (non-hydrogen) atoms. The predicted molar refractivity (Wildman–Crippen MR) is 99.2 cm³/mol. The minimum Gasteiger partial charge on any atom is -0.352 e. The number of rotatable bonds is 6. The standard InChI is InChI=1S/C18H19ClN2O3S/c19-16-7-3-1-6-15(16)13-20-18(22)10-12-25(23,24)21-11-9-14-5-2-4-8-17(14)21/h1-8H,9-13H2,(H,20,22). The van der Waals surface area contributed by atoms with Gasteiger partial charge in [-0.3, -0.25) is 9.10 Å². The van der Waals surface area contributed by atoms with E-state index >= 15 is 0 Å². The molecule has 0 spiro atoms. The van der Waals surface area contributed by atoms with Crippen LogP contribution in [0.1, 0.15) is 17.5 Å². The molecule has 0 radical (unpaired) electrons. The molecule has 1 heterocycles. The Balaban J connectivity index is 1.56. The van der Waals surface area contributed by atoms with E-state index < -0.39 is 10.0 Å². The summed E-state index contributed by atoms with van der Waals surface area (Å²) in [5, 5.41) is 3.29. The molecular formula is C18H19ClN2O3S. The lowest BCUT2D eigenvalue weighted by molar-refractivity contribution is -0.120. The molecule has 0 atom stereocenters. The van der Waals surface area contributed by atoms with Gasteiger partial charge in [0.1, 0.15) is 0 Å². The van der Waals surface area contributed by atoms with Crippen molar-refractivity contribution in [1.29, 1.82) is 0 Å². The molecule has 2 aromatic rings. The van der Waals surface area contributed by atoms with Crippen LogP contribution in [0.4, 0.5) is 5.69 Å². The molecule has 0 bridgehead atoms. The fourth-order valence-electron chi connectivity index (χ4n) is 2.85. The predicted octanol–water partition coefficient (Wildman–Crippen LogP) is 2.74. The first kappa shape index (κ1) is 17.8. The van der Waals surface area contributed by atoms with Crippen molar-refractivity contribution in [2.75, 3.05) is 16.6 Å². The SMILES string of the molecule is O=C(CCS(=O)(=O)N1CCc2ccccc21)NCc1ccccc1Cl. The third kappa shape index (κ3) is 4.14. The molecule has 1 aliphatic rings. The summed E-state index contributed by atoms with van der Waals surface area (Å²) in [7, 11) is -3.51. The normalized spacial score (nSPS) is 13.6. The number of para-hydroxylation sites is 1. The van der Waals surface area contributed by atoms with Crippen molar-refractivity contribution in [3.05, 3.63) is 64.7 Å². The molecule has 0 aromatic heterocycles. The lowest BCUT2D eigenvalue weighted by atomic mass is 10.2. The molecular weight excluding hydrogens is 360 g/mol. The molecule has 1 N–H and O–H groups in total. The van der Waals surface area contributed by atoms with E-state index in [1.165, 1.54) is 4.31 Å². The summed E-state index contributed by atoms with van der Waals surface area (Å²) >= 11 is 6.04. The second-order valence-corrected chi connectivity index (χ2v) is 8.31. The first-order chi connectivity index (χ1) is 12.0. The number of halogens is 1. The Labute approximate surface area is 152 Å². The monoisotopic (exact) mass is 378 g/mol. The summed E-state index contributed by atoms with van der Waals surface area (Å²) in [4.78, 5) is 12.0. The van der Waals surface area contributed by atoms with Gasteiger partial charge in [0.15, 0.2) is 0 Å². The summed E-state index contributed by atoms with van der Waals surface area (Å²) in [6, 6.07) is 14.7. The van der Waals surface area contributed by atoms with Gasteiger partial charge in [0.05, 0.1) is 11.4 Å². The van der Waals surface area contributed by atoms with Crippen molar-refractivity contribution in [3.63, 3.8) is 0 Å². The molecule has 1 amide bonds. The lowest BCUT2D eigenvalue weighted by Gasteiger charge is -2.19. The third-order valence-electron chi connectivity index (χ3n) is 4.20. The van der Waals surface area contributed by atoms with Crippen molar-refractivity contribution >= 4 is 33.2 Å². The summed E-state index contributed by atoms with van der Waals surface area (Å²) in [6.07, 6.45) is 0.625. The largest absolute Gasteiger partial charge is 0.352 e. The highest BCUT2D eigenvalue weighted by molar-refractivity contribution is 7.92. The topological polar surface area (TPSA) is 66.5 Å². The minimum absolute atomic E-state index is 0.0779. The van der Waals surface area contributed by atoms with Crippen LogP contribution in [0.25, 0.3) is 0 Å². The number of nitrogens with one attached hydrogen (secondary N) is 1. The lowest BCUT2D eigenvalue weighted by Crippen LogP contribution is -2.34. The van der Waals surface area contributed by atoms with Gasteiger partial charge in [-0.1, -0.05) is 48.0 Å². The van der Waals surface area contributed by atoms with Crippen molar-refractivity contribution in [2.45, 2.75) is 19.4 Å². The van der Waals surface area contributed by atoms with Crippen LogP contribution in [0, 0.1) is 0 Å². The molecule has 5 nitrogen and oxygen atoms in total. The maximum atomic E-state index is 12.6. The summed E-state index contributed by atoms with van der Waals surface area (Å²) < 4.78 is 26.5. The third-order valence-corrected chi connectivity index (χ3v) is 6.34. The van der Waals surface area contributed by atoms with Crippen molar-refractivity contribution in [3.8, 4) is 0 Å². The highest BCUT2D eigenvalue weighted by Crippen LogP contribution is 2.30. The second kappa shape index (κ2) is 7.45. The zero-order chi connectivity index (χ0) is 17.9. The van der Waals surface area contributed by atoms with Crippen LogP contribution in [0.15, 0.2) is 48.5 Å². The maximum absolute atomic E-state index is 12.6. The fraction of sp³-hybridized carbons (Fsp3) is 0.278. The average Bonchev–Trinajstić information content (AvgIpc) is 3.04. The number of anilines is 1. The molecule has 0 saturated heterocycles. The van der Waals surface area contributed by atoms with Gasteiger partial charge in [-0.15, -0.1) is 0 Å². The van der Waals surface area contributed by atoms with E-state index in [4.69, 9.17) is 11.6 Å². The van der Waals surface area contributed by atoms with E-state index in [9.17, 15) is 13.2 Å². The van der Waals surface area contributed by atoms with E-state index in [-0.39, 0.29) is 24.6 Å². The van der Waals surface area contributed by atoms with Crippen LogP contribution < -0.4 is 9.62 Å². The molecule has 0 aliphatic carbocycles. The summed E-state index contributed by atoms with van der Waals surface area (Å²) in [5.74, 6) is -0.522. The quantitative estimate of drug-likeness (QED) is 0.840. The molecule has 2 aromatic carbocycles. The highest BCUT2D eigenvalue weighted by atomic mass is 35.5. The summed E-state index contributed by atoms with van der Waals surface area (Å²) in [5.41, 5.74) is 2.54. The fourth-order valence-corrected chi connectivity index (χ4v) is 4.57. The van der Waals surface area contributed by atoms with Crippen LogP contribution in [-0.4, -0.2) is 26.6 Å². The van der Waals surface area contributed by atoms with Crippen LogP contribution in [0.5, 0.6) is 0 Å². The maximum Gasteiger partial charge on any atom is 0.235 e. The Morgan fingerprint density at radius 3 is 2.64 bits per heavy atom. The highest BCUT2D eigenvalue weighted by Gasteiger charge is 2.29. The Bertz CT molecular complexity index is 883. The average molecular weight is 379 g/mol. The molecule has 3 rings (SSSR count). The zero-order valence-electron chi connectivity index (χ0n) is 13.6. The number of sulfonamides is 1. The number of fused-ring (bicyclic) bond motifs is 1. The van der Waals surface area contributed by atoms with E-state index in [0.29, 0.717) is 18.0 Å². The molecule has 0 unspecified atom stereocenters. The first-order valence-electron chi connectivity index (χ1n) is 8.06. The number of nitrogens with zero attached hydrogens (tertiary/aromatic N) is 1. The Kier molecular flexibility index (Phi) is 5.30. The number of carbonyl (C=O) groups excluding carboxylic acids is 1. The van der Waals surface area contributed by atoms with E-state index in [0.717, 1.165) is 16.8 Å². The van der Waals surface area contributed by atoms with Gasteiger partial charge in [0, 0.05) is 24.5 Å². The second-order valence-electron chi connectivity index (χ2n) is 5.88. The molecule has 7 heteroatoms. The van der Waals surface area contributed by atoms with E-state index in [1.807, 2.05) is 36.4 Å². The van der Waals surface area contributed by atoms with Crippen LogP contribution in [0.3, 0.4) is 0 Å². The van der Waals surface area contributed by atoms with E-state index in [1.54, 1.807) is 12.1 Å². The van der Waals surface area contributed by atoms with Gasteiger partial charge in [-0.05, 0) is 29.7 Å². The first-order valence-corrected chi connectivity index (χ1v) is 10.0. The number of carbonyl (C=O) groups is 1. The van der Waals surface area contributed by atoms with Gasteiger partial charge in [0.25, 0.3) is 0 Å². The summed E-state index contributed by atoms with van der Waals surface area (Å²) in [6.45, 7) is 0.716.